The van der Waals surface area contributed by atoms with Gasteiger partial charge in [0.1, 0.15) is 5.82 Å². The second-order valence-electron chi connectivity index (χ2n) is 8.01. The Bertz CT molecular complexity index is 755. The van der Waals surface area contributed by atoms with Crippen molar-refractivity contribution in [2.24, 2.45) is 0 Å². The van der Waals surface area contributed by atoms with E-state index in [9.17, 15) is 4.79 Å². The van der Waals surface area contributed by atoms with Gasteiger partial charge in [-0.25, -0.2) is 4.98 Å². The number of aromatic nitrogens is 2. The third-order valence-corrected chi connectivity index (χ3v) is 5.73. The molecule has 0 fully saturated rings. The molecule has 0 saturated carbocycles. The summed E-state index contributed by atoms with van der Waals surface area (Å²) in [5, 5.41) is 3.01. The molecule has 2 aromatic rings. The summed E-state index contributed by atoms with van der Waals surface area (Å²) in [6.45, 7) is 9.14. The van der Waals surface area contributed by atoms with E-state index in [1.54, 1.807) is 0 Å². The standard InChI is InChI=1S/C23H36N4O/c1-3-5-7-9-15-26(16-10-8-6-4-2)18-21-25-20-13-11-12-19-22(20)27(21)17-14-24-23(19)28/h11-13H,3-10,14-18H2,1-2H3,(H,24,28). The molecular weight excluding hydrogens is 348 g/mol. The number of hydrogen-bond donors (Lipinski definition) is 1. The second-order valence-corrected chi connectivity index (χ2v) is 8.01. The van der Waals surface area contributed by atoms with E-state index in [2.05, 4.69) is 28.6 Å². The molecule has 0 aliphatic carbocycles. The molecule has 5 nitrogen and oxygen atoms in total. The molecule has 0 spiro atoms. The van der Waals surface area contributed by atoms with E-state index in [4.69, 9.17) is 4.98 Å². The summed E-state index contributed by atoms with van der Waals surface area (Å²) in [6, 6.07) is 5.89. The predicted octanol–water partition coefficient (Wildman–Crippen LogP) is 4.74. The third-order valence-electron chi connectivity index (χ3n) is 5.73. The molecule has 1 N–H and O–H groups in total. The molecule has 0 bridgehead atoms. The fourth-order valence-corrected chi connectivity index (χ4v) is 4.15. The van der Waals surface area contributed by atoms with Crippen LogP contribution in [0, 0.1) is 0 Å². The fraction of sp³-hybridized carbons (Fsp3) is 0.652. The highest BCUT2D eigenvalue weighted by molar-refractivity contribution is 6.05. The number of imidazole rings is 1. The number of nitrogens with one attached hydrogen (secondary N) is 1. The van der Waals surface area contributed by atoms with Crippen molar-refractivity contribution in [2.75, 3.05) is 19.6 Å². The van der Waals surface area contributed by atoms with Gasteiger partial charge < -0.3 is 9.88 Å². The Balaban J connectivity index is 1.76. The zero-order chi connectivity index (χ0) is 19.8. The Morgan fingerprint density at radius 2 is 1.75 bits per heavy atom. The van der Waals surface area contributed by atoms with E-state index < -0.39 is 0 Å². The van der Waals surface area contributed by atoms with Crippen molar-refractivity contribution >= 4 is 16.9 Å². The van der Waals surface area contributed by atoms with Gasteiger partial charge in [-0.2, -0.15) is 0 Å². The minimum absolute atomic E-state index is 0.0202. The van der Waals surface area contributed by atoms with E-state index in [-0.39, 0.29) is 5.91 Å². The van der Waals surface area contributed by atoms with Gasteiger partial charge >= 0.3 is 0 Å². The Morgan fingerprint density at radius 3 is 2.43 bits per heavy atom. The highest BCUT2D eigenvalue weighted by atomic mass is 16.1. The lowest BCUT2D eigenvalue weighted by molar-refractivity contribution is 0.0956. The third kappa shape index (κ3) is 5.13. The summed E-state index contributed by atoms with van der Waals surface area (Å²) < 4.78 is 2.27. The minimum Gasteiger partial charge on any atom is -0.350 e. The predicted molar refractivity (Wildman–Crippen MR) is 116 cm³/mol. The molecule has 0 saturated heterocycles. The molecule has 1 aromatic heterocycles. The number of unbranched alkanes of at least 4 members (excludes halogenated alkanes) is 6. The first kappa shape index (κ1) is 20.8. The number of carbonyl (C=O) groups is 1. The SMILES string of the molecule is CCCCCCN(CCCCCC)Cc1nc2cccc3c2n1CCNC3=O. The number of hydrogen-bond acceptors (Lipinski definition) is 3. The van der Waals surface area contributed by atoms with Crippen LogP contribution < -0.4 is 5.32 Å². The first-order chi connectivity index (χ1) is 13.7. The van der Waals surface area contributed by atoms with E-state index in [1.165, 1.54) is 51.4 Å². The van der Waals surface area contributed by atoms with Crippen LogP contribution in [0.25, 0.3) is 11.0 Å². The van der Waals surface area contributed by atoms with Gasteiger partial charge in [0.25, 0.3) is 5.91 Å². The van der Waals surface area contributed by atoms with Gasteiger partial charge in [0.15, 0.2) is 0 Å². The van der Waals surface area contributed by atoms with Crippen molar-refractivity contribution in [3.8, 4) is 0 Å². The summed E-state index contributed by atoms with van der Waals surface area (Å²) in [4.78, 5) is 19.9. The van der Waals surface area contributed by atoms with Crippen LogP contribution in [-0.2, 0) is 13.1 Å². The molecule has 0 atom stereocenters. The highest BCUT2D eigenvalue weighted by Crippen LogP contribution is 2.23. The van der Waals surface area contributed by atoms with Gasteiger partial charge in [-0.15, -0.1) is 0 Å². The lowest BCUT2D eigenvalue weighted by Crippen LogP contribution is -2.28. The van der Waals surface area contributed by atoms with E-state index in [1.807, 2.05) is 18.2 Å². The first-order valence-electron chi connectivity index (χ1n) is 11.2. The number of para-hydroxylation sites is 1. The summed E-state index contributed by atoms with van der Waals surface area (Å²) >= 11 is 0. The van der Waals surface area contributed by atoms with Gasteiger partial charge in [-0.1, -0.05) is 58.4 Å². The zero-order valence-corrected chi connectivity index (χ0v) is 17.7. The van der Waals surface area contributed by atoms with Crippen LogP contribution in [0.4, 0.5) is 0 Å². The first-order valence-corrected chi connectivity index (χ1v) is 11.2. The van der Waals surface area contributed by atoms with Crippen LogP contribution in [0.2, 0.25) is 0 Å². The number of rotatable bonds is 12. The van der Waals surface area contributed by atoms with Gasteiger partial charge in [-0.05, 0) is 38.1 Å². The molecule has 1 amide bonds. The molecule has 0 unspecified atom stereocenters. The largest absolute Gasteiger partial charge is 0.350 e. The van der Waals surface area contributed by atoms with Crippen molar-refractivity contribution in [3.05, 3.63) is 29.6 Å². The molecule has 0 radical (unpaired) electrons. The zero-order valence-electron chi connectivity index (χ0n) is 17.7. The van der Waals surface area contributed by atoms with Crippen molar-refractivity contribution in [3.63, 3.8) is 0 Å². The normalized spacial score (nSPS) is 13.9. The van der Waals surface area contributed by atoms with E-state index in [0.29, 0.717) is 6.54 Å². The lowest BCUT2D eigenvalue weighted by atomic mass is 10.1. The molecular formula is C23H36N4O. The fourth-order valence-electron chi connectivity index (χ4n) is 4.15. The Hall–Kier alpha value is -1.88. The van der Waals surface area contributed by atoms with Crippen LogP contribution in [0.1, 0.15) is 81.4 Å². The van der Waals surface area contributed by atoms with Crippen LogP contribution in [0.5, 0.6) is 0 Å². The van der Waals surface area contributed by atoms with Gasteiger partial charge in [0, 0.05) is 13.1 Å². The van der Waals surface area contributed by atoms with Crippen molar-refractivity contribution in [1.82, 2.24) is 19.8 Å². The second kappa shape index (κ2) is 10.6. The summed E-state index contributed by atoms with van der Waals surface area (Å²) in [5.74, 6) is 1.12. The van der Waals surface area contributed by atoms with Gasteiger partial charge in [0.2, 0.25) is 0 Å². The smallest absolute Gasteiger partial charge is 0.253 e. The highest BCUT2D eigenvalue weighted by Gasteiger charge is 2.21. The average Bonchev–Trinajstić information content (AvgIpc) is 2.95. The topological polar surface area (TPSA) is 50.2 Å². The average molecular weight is 385 g/mol. The van der Waals surface area contributed by atoms with Gasteiger partial charge in [0.05, 0.1) is 23.1 Å². The maximum Gasteiger partial charge on any atom is 0.253 e. The molecule has 3 rings (SSSR count). The summed E-state index contributed by atoms with van der Waals surface area (Å²) in [7, 11) is 0. The van der Waals surface area contributed by atoms with Crippen molar-refractivity contribution < 1.29 is 4.79 Å². The monoisotopic (exact) mass is 384 g/mol. The maximum atomic E-state index is 12.4. The number of carbonyl (C=O) groups excluding carboxylic acids is 1. The molecule has 1 aliphatic heterocycles. The van der Waals surface area contributed by atoms with Crippen LogP contribution in [0.3, 0.4) is 0 Å². The molecule has 2 heterocycles. The Labute approximate surface area is 169 Å². The minimum atomic E-state index is 0.0202. The van der Waals surface area contributed by atoms with Crippen LogP contribution in [0.15, 0.2) is 18.2 Å². The molecule has 1 aliphatic rings. The molecule has 5 heteroatoms. The molecule has 28 heavy (non-hydrogen) atoms. The van der Waals surface area contributed by atoms with Gasteiger partial charge in [-0.3, -0.25) is 9.69 Å². The van der Waals surface area contributed by atoms with Crippen LogP contribution >= 0.6 is 0 Å². The van der Waals surface area contributed by atoms with Crippen LogP contribution in [-0.4, -0.2) is 40.0 Å². The number of amides is 1. The number of benzene rings is 1. The van der Waals surface area contributed by atoms with Crippen molar-refractivity contribution in [2.45, 2.75) is 78.3 Å². The molecule has 1 aromatic carbocycles. The summed E-state index contributed by atoms with van der Waals surface area (Å²) in [5.41, 5.74) is 2.71. The van der Waals surface area contributed by atoms with E-state index >= 15 is 0 Å². The molecule has 154 valence electrons. The number of nitrogens with zero attached hydrogens (tertiary/aromatic N) is 3. The maximum absolute atomic E-state index is 12.4. The quantitative estimate of drug-likeness (QED) is 0.538. The Kier molecular flexibility index (Phi) is 7.90. The van der Waals surface area contributed by atoms with E-state index in [0.717, 1.165) is 48.6 Å². The van der Waals surface area contributed by atoms with Crippen molar-refractivity contribution in [1.29, 1.82) is 0 Å². The summed E-state index contributed by atoms with van der Waals surface area (Å²) in [6.07, 6.45) is 10.3. The lowest BCUT2D eigenvalue weighted by Gasteiger charge is -2.22. The Morgan fingerprint density at radius 1 is 1.04 bits per heavy atom.